The molecule has 0 aliphatic rings. The van der Waals surface area contributed by atoms with Crippen molar-refractivity contribution in [1.82, 2.24) is 14.4 Å². The van der Waals surface area contributed by atoms with Gasteiger partial charge in [0.2, 0.25) is 0 Å². The Morgan fingerprint density at radius 3 is 3.00 bits per heavy atom. The van der Waals surface area contributed by atoms with E-state index in [-0.39, 0.29) is 12.2 Å². The molecule has 0 aliphatic carbocycles. The lowest BCUT2D eigenvalue weighted by atomic mass is 10.3. The van der Waals surface area contributed by atoms with Crippen molar-refractivity contribution in [3.8, 4) is 0 Å². The lowest BCUT2D eigenvalue weighted by molar-refractivity contribution is 0.0462. The molecular formula is C16H13N3O3S. The molecule has 0 bridgehead atoms. The van der Waals surface area contributed by atoms with Gasteiger partial charge >= 0.3 is 5.97 Å². The Labute approximate surface area is 136 Å². The van der Waals surface area contributed by atoms with Crippen LogP contribution in [0.25, 0.3) is 5.65 Å². The number of esters is 1. The fourth-order valence-electron chi connectivity index (χ4n) is 2.10. The van der Waals surface area contributed by atoms with Crippen molar-refractivity contribution in [2.24, 2.45) is 0 Å². The third kappa shape index (κ3) is 3.24. The number of thioether (sulfide) groups is 1. The minimum atomic E-state index is -0.488. The minimum Gasteiger partial charge on any atom is -0.456 e. The summed E-state index contributed by atoms with van der Waals surface area (Å²) >= 11 is 1.37. The van der Waals surface area contributed by atoms with Gasteiger partial charge in [-0.25, -0.2) is 14.8 Å². The number of fused-ring (bicyclic) bond motifs is 1. The van der Waals surface area contributed by atoms with Crippen molar-refractivity contribution in [2.75, 3.05) is 6.26 Å². The monoisotopic (exact) mass is 327 g/mol. The molecule has 0 N–H and O–H groups in total. The second kappa shape index (κ2) is 6.62. The fraction of sp³-hybridized carbons (Fsp3) is 0.125. The standard InChI is InChI=1S/C16H13N3O3S/c1-23-15-12(5-4-7-17-15)16(21)22-10-11-9-14(20)19-8-3-2-6-13(19)18-11/h2-9H,10H2,1H3. The van der Waals surface area contributed by atoms with E-state index in [9.17, 15) is 9.59 Å². The third-order valence-electron chi connectivity index (χ3n) is 3.16. The van der Waals surface area contributed by atoms with Gasteiger partial charge in [-0.1, -0.05) is 6.07 Å². The molecule has 0 aliphatic heterocycles. The summed E-state index contributed by atoms with van der Waals surface area (Å²) in [5, 5.41) is 0.601. The zero-order chi connectivity index (χ0) is 16.2. The Bertz CT molecular complexity index is 924. The van der Waals surface area contributed by atoms with Gasteiger partial charge in [0.1, 0.15) is 17.3 Å². The molecule has 3 aromatic heterocycles. The molecule has 7 heteroatoms. The molecule has 3 rings (SSSR count). The summed E-state index contributed by atoms with van der Waals surface area (Å²) in [5.41, 5.74) is 1.10. The first-order valence-corrected chi connectivity index (χ1v) is 8.05. The van der Waals surface area contributed by atoms with Crippen LogP contribution in [-0.2, 0) is 11.3 Å². The van der Waals surface area contributed by atoms with E-state index in [1.807, 2.05) is 6.26 Å². The number of nitrogens with zero attached hydrogens (tertiary/aromatic N) is 3. The molecule has 23 heavy (non-hydrogen) atoms. The number of ether oxygens (including phenoxy) is 1. The Hall–Kier alpha value is -2.67. The smallest absolute Gasteiger partial charge is 0.341 e. The SMILES string of the molecule is CSc1ncccc1C(=O)OCc1cc(=O)n2ccccc2n1. The van der Waals surface area contributed by atoms with Gasteiger partial charge in [-0.05, 0) is 30.5 Å². The molecule has 0 saturated heterocycles. The number of carbonyl (C=O) groups excluding carboxylic acids is 1. The number of pyridine rings is 2. The van der Waals surface area contributed by atoms with Gasteiger partial charge in [-0.15, -0.1) is 11.8 Å². The van der Waals surface area contributed by atoms with Crippen molar-refractivity contribution in [2.45, 2.75) is 11.6 Å². The predicted molar refractivity (Wildman–Crippen MR) is 86.6 cm³/mol. The Kier molecular flexibility index (Phi) is 4.38. The molecule has 0 spiro atoms. The second-order valence-corrected chi connectivity index (χ2v) is 5.45. The number of aromatic nitrogens is 3. The van der Waals surface area contributed by atoms with Crippen LogP contribution < -0.4 is 5.56 Å². The highest BCUT2D eigenvalue weighted by molar-refractivity contribution is 7.98. The van der Waals surface area contributed by atoms with Crippen molar-refractivity contribution < 1.29 is 9.53 Å². The molecule has 0 saturated carbocycles. The van der Waals surface area contributed by atoms with Crippen LogP contribution in [0.5, 0.6) is 0 Å². The first kappa shape index (κ1) is 15.2. The lowest BCUT2D eigenvalue weighted by Gasteiger charge is -2.07. The summed E-state index contributed by atoms with van der Waals surface area (Å²) in [6.07, 6.45) is 5.10. The summed E-state index contributed by atoms with van der Waals surface area (Å²) in [5.74, 6) is -0.488. The molecular weight excluding hydrogens is 314 g/mol. The van der Waals surface area contributed by atoms with Crippen molar-refractivity contribution in [3.05, 3.63) is 70.4 Å². The van der Waals surface area contributed by atoms with E-state index >= 15 is 0 Å². The van der Waals surface area contributed by atoms with Crippen molar-refractivity contribution in [1.29, 1.82) is 0 Å². The number of hydrogen-bond donors (Lipinski definition) is 0. The average Bonchev–Trinajstić information content (AvgIpc) is 2.59. The van der Waals surface area contributed by atoms with E-state index < -0.39 is 5.97 Å². The minimum absolute atomic E-state index is 0.0673. The van der Waals surface area contributed by atoms with Crippen LogP contribution >= 0.6 is 11.8 Å². The summed E-state index contributed by atoms with van der Waals surface area (Å²) in [7, 11) is 0. The molecule has 0 unspecified atom stereocenters. The first-order valence-electron chi connectivity index (χ1n) is 6.82. The number of rotatable bonds is 4. The molecule has 3 aromatic rings. The van der Waals surface area contributed by atoms with E-state index in [2.05, 4.69) is 9.97 Å². The molecule has 0 aromatic carbocycles. The van der Waals surface area contributed by atoms with Crippen LogP contribution in [0.15, 0.2) is 58.6 Å². The normalized spacial score (nSPS) is 10.7. The maximum Gasteiger partial charge on any atom is 0.341 e. The predicted octanol–water partition coefficient (Wildman–Crippen LogP) is 2.17. The fourth-order valence-corrected chi connectivity index (χ4v) is 2.64. The van der Waals surface area contributed by atoms with Gasteiger partial charge in [0.15, 0.2) is 0 Å². The maximum atomic E-state index is 12.2. The van der Waals surface area contributed by atoms with Crippen molar-refractivity contribution in [3.63, 3.8) is 0 Å². The Morgan fingerprint density at radius 1 is 1.30 bits per heavy atom. The summed E-state index contributed by atoms with van der Waals surface area (Å²) in [6.45, 7) is -0.0673. The van der Waals surface area contributed by atoms with Crippen LogP contribution in [0.3, 0.4) is 0 Å². The van der Waals surface area contributed by atoms with E-state index in [4.69, 9.17) is 4.74 Å². The van der Waals surface area contributed by atoms with E-state index in [1.165, 1.54) is 22.2 Å². The topological polar surface area (TPSA) is 73.6 Å². The van der Waals surface area contributed by atoms with Gasteiger partial charge in [0.25, 0.3) is 5.56 Å². The molecule has 0 fully saturated rings. The van der Waals surface area contributed by atoms with Crippen LogP contribution in [0.2, 0.25) is 0 Å². The Morgan fingerprint density at radius 2 is 2.17 bits per heavy atom. The molecule has 0 atom stereocenters. The van der Waals surface area contributed by atoms with Gasteiger partial charge in [-0.2, -0.15) is 0 Å². The van der Waals surface area contributed by atoms with E-state index in [0.717, 1.165) is 0 Å². The summed E-state index contributed by atoms with van der Waals surface area (Å²) in [6, 6.07) is 9.96. The lowest BCUT2D eigenvalue weighted by Crippen LogP contribution is -2.16. The molecule has 0 radical (unpaired) electrons. The largest absolute Gasteiger partial charge is 0.456 e. The second-order valence-electron chi connectivity index (χ2n) is 4.65. The summed E-state index contributed by atoms with van der Waals surface area (Å²) < 4.78 is 6.69. The number of hydrogen-bond acceptors (Lipinski definition) is 6. The van der Waals surface area contributed by atoms with E-state index in [1.54, 1.807) is 42.7 Å². The average molecular weight is 327 g/mol. The zero-order valence-electron chi connectivity index (χ0n) is 12.3. The molecule has 116 valence electrons. The molecule has 3 heterocycles. The van der Waals surface area contributed by atoms with Crippen LogP contribution in [0.4, 0.5) is 0 Å². The highest BCUT2D eigenvalue weighted by Gasteiger charge is 2.13. The Balaban J connectivity index is 1.81. The highest BCUT2D eigenvalue weighted by atomic mass is 32.2. The maximum absolute atomic E-state index is 12.2. The van der Waals surface area contributed by atoms with E-state index in [0.29, 0.717) is 21.9 Å². The van der Waals surface area contributed by atoms with Crippen LogP contribution in [0.1, 0.15) is 16.1 Å². The van der Waals surface area contributed by atoms with Crippen molar-refractivity contribution >= 4 is 23.4 Å². The highest BCUT2D eigenvalue weighted by Crippen LogP contribution is 2.18. The van der Waals surface area contributed by atoms with Crippen LogP contribution in [0, 0.1) is 0 Å². The zero-order valence-corrected chi connectivity index (χ0v) is 13.1. The van der Waals surface area contributed by atoms with Crippen LogP contribution in [-0.4, -0.2) is 26.6 Å². The van der Waals surface area contributed by atoms with Gasteiger partial charge in [0.05, 0.1) is 11.3 Å². The molecule has 6 nitrogen and oxygen atoms in total. The summed E-state index contributed by atoms with van der Waals surface area (Å²) in [4.78, 5) is 32.6. The quantitative estimate of drug-likeness (QED) is 0.540. The van der Waals surface area contributed by atoms with Gasteiger partial charge < -0.3 is 4.74 Å². The van der Waals surface area contributed by atoms with Gasteiger partial charge in [0, 0.05) is 18.5 Å². The number of carbonyl (C=O) groups is 1. The third-order valence-corrected chi connectivity index (χ3v) is 3.87. The molecule has 0 amide bonds. The van der Waals surface area contributed by atoms with Gasteiger partial charge in [-0.3, -0.25) is 9.20 Å². The first-order chi connectivity index (χ1) is 11.2.